The first-order chi connectivity index (χ1) is 36.3. The van der Waals surface area contributed by atoms with Crippen LogP contribution >= 0.6 is 0 Å². The van der Waals surface area contributed by atoms with Crippen LogP contribution in [0, 0.1) is 6.92 Å². The largest absolute Gasteiger partial charge is 0.310 e. The highest BCUT2D eigenvalue weighted by molar-refractivity contribution is 6.20. The van der Waals surface area contributed by atoms with Gasteiger partial charge in [0.25, 0.3) is 0 Å². The molecular formula is C72H50N2. The third-order valence-electron chi connectivity index (χ3n) is 16.5. The van der Waals surface area contributed by atoms with Gasteiger partial charge >= 0.3 is 0 Å². The van der Waals surface area contributed by atoms with Crippen molar-refractivity contribution in [1.82, 2.24) is 0 Å². The molecule has 1 aliphatic carbocycles. The van der Waals surface area contributed by atoms with E-state index in [9.17, 15) is 0 Å². The molecule has 0 unspecified atom stereocenters. The van der Waals surface area contributed by atoms with Gasteiger partial charge in [-0.2, -0.15) is 0 Å². The quantitative estimate of drug-likeness (QED) is 0.153. The van der Waals surface area contributed by atoms with Gasteiger partial charge in [-0.1, -0.05) is 190 Å². The van der Waals surface area contributed by atoms with E-state index in [1.54, 1.807) is 0 Å². The molecule has 0 atom stereocenters. The predicted octanol–water partition coefficient (Wildman–Crippen LogP) is 20.5. The van der Waals surface area contributed by atoms with Crippen LogP contribution in [0.4, 0.5) is 34.1 Å². The predicted molar refractivity (Wildman–Crippen MR) is 318 cm³/mol. The van der Waals surface area contributed by atoms with Crippen molar-refractivity contribution < 1.29 is 0 Å². The molecule has 0 amide bonds. The summed E-state index contributed by atoms with van der Waals surface area (Å²) in [5, 5.41) is 20.1. The van der Waals surface area contributed by atoms with Crippen molar-refractivity contribution in [3.8, 4) is 11.1 Å². The molecule has 0 N–H and O–H groups in total. The lowest BCUT2D eigenvalue weighted by Crippen LogP contribution is -2.25. The summed E-state index contributed by atoms with van der Waals surface area (Å²) in [7, 11) is 0. The molecule has 0 heterocycles. The lowest BCUT2D eigenvalue weighted by Gasteiger charge is -2.38. The number of hydrogen-bond acceptors (Lipinski definition) is 2. The van der Waals surface area contributed by atoms with E-state index in [1.165, 1.54) is 114 Å². The van der Waals surface area contributed by atoms with E-state index in [-0.39, 0.29) is 5.41 Å². The molecule has 0 aromatic heterocycles. The lowest BCUT2D eigenvalue weighted by molar-refractivity contribution is 0.645. The van der Waals surface area contributed by atoms with E-state index in [0.29, 0.717) is 0 Å². The fourth-order valence-corrected chi connectivity index (χ4v) is 12.8. The smallest absolute Gasteiger partial charge is 0.0468 e. The van der Waals surface area contributed by atoms with Crippen LogP contribution in [0.1, 0.15) is 30.5 Å². The molecule has 2 nitrogen and oxygen atoms in total. The zero-order valence-corrected chi connectivity index (χ0v) is 41.6. The number of nitrogens with zero attached hydrogens (tertiary/aromatic N) is 2. The Labute approximate surface area is 430 Å². The van der Waals surface area contributed by atoms with Crippen molar-refractivity contribution in [1.29, 1.82) is 0 Å². The number of rotatable bonds is 6. The molecule has 0 bridgehead atoms. The molecule has 15 rings (SSSR count). The van der Waals surface area contributed by atoms with Crippen LogP contribution in [0.5, 0.6) is 0 Å². The fraction of sp³-hybridized carbons (Fsp3) is 0.0556. The van der Waals surface area contributed by atoms with E-state index in [0.717, 1.165) is 34.1 Å². The minimum Gasteiger partial charge on any atom is -0.310 e. The average Bonchev–Trinajstić information content (AvgIpc) is 3.45. The van der Waals surface area contributed by atoms with Gasteiger partial charge < -0.3 is 9.80 Å². The maximum absolute atomic E-state index is 2.49. The molecular weight excluding hydrogens is 893 g/mol. The van der Waals surface area contributed by atoms with E-state index in [4.69, 9.17) is 0 Å². The topological polar surface area (TPSA) is 6.48 Å². The van der Waals surface area contributed by atoms with Crippen molar-refractivity contribution >= 4 is 120 Å². The van der Waals surface area contributed by atoms with Gasteiger partial charge in [-0.05, 0) is 194 Å². The van der Waals surface area contributed by atoms with Gasteiger partial charge in [0.2, 0.25) is 0 Å². The average molecular weight is 943 g/mol. The minimum atomic E-state index is -0.310. The highest BCUT2D eigenvalue weighted by atomic mass is 15.1. The van der Waals surface area contributed by atoms with Gasteiger partial charge in [-0.3, -0.25) is 0 Å². The number of aryl methyl sites for hydroxylation is 1. The molecule has 0 aliphatic heterocycles. The van der Waals surface area contributed by atoms with Crippen LogP contribution in [0.2, 0.25) is 0 Å². The first kappa shape index (κ1) is 42.4. The molecule has 348 valence electrons. The summed E-state index contributed by atoms with van der Waals surface area (Å²) in [5.41, 5.74) is 13.1. The maximum Gasteiger partial charge on any atom is 0.0468 e. The third-order valence-corrected chi connectivity index (χ3v) is 16.5. The monoisotopic (exact) mass is 942 g/mol. The molecule has 74 heavy (non-hydrogen) atoms. The highest BCUT2D eigenvalue weighted by Crippen LogP contribution is 2.54. The summed E-state index contributed by atoms with van der Waals surface area (Å²) >= 11 is 0. The van der Waals surface area contributed by atoms with Gasteiger partial charge in [0.05, 0.1) is 0 Å². The molecule has 2 heteroatoms. The van der Waals surface area contributed by atoms with Gasteiger partial charge in [0, 0.05) is 39.5 Å². The summed E-state index contributed by atoms with van der Waals surface area (Å²) in [5.74, 6) is 0. The van der Waals surface area contributed by atoms with Crippen LogP contribution in [-0.2, 0) is 5.41 Å². The minimum absolute atomic E-state index is 0.310. The van der Waals surface area contributed by atoms with Crippen molar-refractivity contribution in [3.05, 3.63) is 265 Å². The first-order valence-corrected chi connectivity index (χ1v) is 25.9. The van der Waals surface area contributed by atoms with Gasteiger partial charge in [0.15, 0.2) is 0 Å². The molecule has 14 aromatic carbocycles. The van der Waals surface area contributed by atoms with Crippen LogP contribution in [0.25, 0.3) is 97.3 Å². The summed E-state index contributed by atoms with van der Waals surface area (Å²) in [6, 6.07) is 93.0. The van der Waals surface area contributed by atoms with E-state index >= 15 is 0 Å². The summed E-state index contributed by atoms with van der Waals surface area (Å²) < 4.78 is 0. The fourth-order valence-electron chi connectivity index (χ4n) is 12.8. The van der Waals surface area contributed by atoms with E-state index in [1.807, 2.05) is 0 Å². The van der Waals surface area contributed by atoms with Crippen LogP contribution < -0.4 is 9.80 Å². The normalized spacial score (nSPS) is 12.9. The second kappa shape index (κ2) is 16.1. The van der Waals surface area contributed by atoms with E-state index < -0.39 is 0 Å². The SMILES string of the molecule is Cc1c2c3c(cccc3c3cc(N(c4ccc5ccccc5c4)c4ccc5ccc6ccccc6c5c4)ccc13)C(C)(C)c1cc(N(c3ccc4ccccc4c3)c3ccc4ccc5ccccc5c4c3)ccc1-2. The molecule has 14 aromatic rings. The Hall–Kier alpha value is -9.24. The third kappa shape index (κ3) is 6.44. The van der Waals surface area contributed by atoms with Crippen molar-refractivity contribution in [3.63, 3.8) is 0 Å². The Morgan fingerprint density at radius 3 is 1.22 bits per heavy atom. The molecule has 1 aliphatic rings. The standard InChI is InChI=1S/C72H50N2/c1-45-60-37-35-58(73(54-31-27-46-13-4-6-17-52(46)39-54)56-33-29-50-25-23-48-15-8-10-19-61(48)65(50)41-56)43-67(60)63-21-12-22-68-71(63)70(45)64-38-36-59(44-69(64)72(68,2)3)74(55-32-28-47-14-5-7-18-53(47)40-55)57-34-30-51-26-24-49-16-9-11-20-62(49)66(51)42-57/h4-44H,1-3H3. The van der Waals surface area contributed by atoms with Crippen molar-refractivity contribution in [2.24, 2.45) is 0 Å². The molecule has 0 radical (unpaired) electrons. The van der Waals surface area contributed by atoms with Gasteiger partial charge in [-0.25, -0.2) is 0 Å². The zero-order valence-electron chi connectivity index (χ0n) is 41.6. The van der Waals surface area contributed by atoms with Crippen molar-refractivity contribution in [2.45, 2.75) is 26.2 Å². The second-order valence-corrected chi connectivity index (χ2v) is 20.9. The Bertz CT molecular complexity index is 4680. The Morgan fingerprint density at radius 2 is 0.662 bits per heavy atom. The van der Waals surface area contributed by atoms with Gasteiger partial charge in [-0.15, -0.1) is 0 Å². The Kier molecular flexibility index (Phi) is 9.25. The highest BCUT2D eigenvalue weighted by Gasteiger charge is 2.36. The lowest BCUT2D eigenvalue weighted by atomic mass is 9.67. The van der Waals surface area contributed by atoms with Crippen LogP contribution in [0.15, 0.2) is 249 Å². The number of hydrogen-bond donors (Lipinski definition) is 0. The summed E-state index contributed by atoms with van der Waals surface area (Å²) in [6.07, 6.45) is 0. The van der Waals surface area contributed by atoms with Gasteiger partial charge in [0.1, 0.15) is 0 Å². The maximum atomic E-state index is 2.49. The van der Waals surface area contributed by atoms with E-state index in [2.05, 4.69) is 279 Å². The summed E-state index contributed by atoms with van der Waals surface area (Å²) in [6.45, 7) is 7.20. The van der Waals surface area contributed by atoms with Crippen molar-refractivity contribution in [2.75, 3.05) is 9.80 Å². The Morgan fingerprint density at radius 1 is 0.270 bits per heavy atom. The second-order valence-electron chi connectivity index (χ2n) is 20.9. The molecule has 0 spiro atoms. The zero-order chi connectivity index (χ0) is 49.2. The molecule has 0 saturated carbocycles. The first-order valence-electron chi connectivity index (χ1n) is 25.9. The number of anilines is 6. The number of benzene rings is 14. The van der Waals surface area contributed by atoms with Crippen LogP contribution in [-0.4, -0.2) is 0 Å². The number of fused-ring (bicyclic) bond motifs is 12. The Balaban J connectivity index is 0.922. The molecule has 0 fully saturated rings. The van der Waals surface area contributed by atoms with Crippen LogP contribution in [0.3, 0.4) is 0 Å². The summed E-state index contributed by atoms with van der Waals surface area (Å²) in [4.78, 5) is 4.92. The molecule has 0 saturated heterocycles.